The van der Waals surface area contributed by atoms with E-state index in [0.717, 1.165) is 89.4 Å². The monoisotopic (exact) mass is 898 g/mol. The number of aryl methyl sites for hydroxylation is 1. The van der Waals surface area contributed by atoms with Crippen LogP contribution in [0.15, 0.2) is 88.5 Å². The normalized spacial score (nSPS) is 14.1. The third-order valence-electron chi connectivity index (χ3n) is 10.6. The first-order chi connectivity index (χ1) is 31.0. The van der Waals surface area contributed by atoms with E-state index in [2.05, 4.69) is 71.8 Å². The van der Waals surface area contributed by atoms with E-state index in [4.69, 9.17) is 35.1 Å². The first-order valence-corrected chi connectivity index (χ1v) is 22.7. The topological polar surface area (TPSA) is 167 Å². The summed E-state index contributed by atoms with van der Waals surface area (Å²) >= 11 is 7.23. The minimum Gasteiger partial charge on any atom is -0.484 e. The Morgan fingerprint density at radius 3 is 2.54 bits per heavy atom. The Balaban J connectivity index is 0.684. The number of nitrogens with zero attached hydrogens (tertiary/aromatic N) is 3. The van der Waals surface area contributed by atoms with Crippen LogP contribution >= 0.6 is 23.5 Å². The largest absolute Gasteiger partial charge is 0.484 e. The molecule has 0 radical (unpaired) electrons. The van der Waals surface area contributed by atoms with Gasteiger partial charge in [-0.15, -0.1) is 11.6 Å². The van der Waals surface area contributed by atoms with Crippen LogP contribution in [-0.4, -0.2) is 124 Å². The lowest BCUT2D eigenvalue weighted by molar-refractivity contribution is -0.123. The highest BCUT2D eigenvalue weighted by atomic mass is 35.5. The number of anilines is 4. The van der Waals surface area contributed by atoms with Gasteiger partial charge in [-0.25, -0.2) is 0 Å². The fourth-order valence-electron chi connectivity index (χ4n) is 7.36. The average molecular weight is 900 g/mol. The number of rotatable bonds is 23. The summed E-state index contributed by atoms with van der Waals surface area (Å²) in [5.41, 5.74) is 5.96. The van der Waals surface area contributed by atoms with Gasteiger partial charge in [-0.2, -0.15) is 0 Å². The van der Waals surface area contributed by atoms with Gasteiger partial charge in [0.25, 0.3) is 5.91 Å². The maximum absolute atomic E-state index is 12.2. The van der Waals surface area contributed by atoms with Gasteiger partial charge in [-0.05, 0) is 110 Å². The number of H-pyrrole nitrogens is 1. The van der Waals surface area contributed by atoms with Gasteiger partial charge in [0, 0.05) is 77.7 Å². The van der Waals surface area contributed by atoms with Crippen molar-refractivity contribution in [2.45, 2.75) is 36.6 Å². The molecule has 0 unspecified atom stereocenters. The third-order valence-corrected chi connectivity index (χ3v) is 11.6. The van der Waals surface area contributed by atoms with E-state index in [1.807, 2.05) is 36.4 Å². The third kappa shape index (κ3) is 14.3. The predicted octanol–water partition coefficient (Wildman–Crippen LogP) is 6.38. The summed E-state index contributed by atoms with van der Waals surface area (Å²) in [6.45, 7) is 7.35. The number of hydrogen-bond donors (Lipinski definition) is 5. The number of alkyl halides is 1. The number of aromatic nitrogens is 2. The van der Waals surface area contributed by atoms with Crippen LogP contribution in [-0.2, 0) is 30.2 Å². The highest BCUT2D eigenvalue weighted by Gasteiger charge is 2.23. The Morgan fingerprint density at radius 1 is 0.937 bits per heavy atom. The van der Waals surface area contributed by atoms with Crippen molar-refractivity contribution in [1.29, 1.82) is 0 Å². The number of piperidine rings is 1. The van der Waals surface area contributed by atoms with Gasteiger partial charge in [0.1, 0.15) is 17.9 Å². The number of amides is 2. The molecule has 0 bridgehead atoms. The maximum Gasteiger partial charge on any atom is 0.258 e. The Kier molecular flexibility index (Phi) is 17.7. The molecule has 0 saturated carbocycles. The van der Waals surface area contributed by atoms with Crippen molar-refractivity contribution in [3.05, 3.63) is 90.3 Å². The summed E-state index contributed by atoms with van der Waals surface area (Å²) in [5.74, 6) is 7.39. The molecule has 0 aliphatic carbocycles. The zero-order valence-electron chi connectivity index (χ0n) is 35.3. The van der Waals surface area contributed by atoms with Crippen LogP contribution in [0.25, 0.3) is 10.9 Å². The fraction of sp³-hybridized carbons (Fsp3) is 0.413. The second-order valence-electron chi connectivity index (χ2n) is 15.0. The van der Waals surface area contributed by atoms with Gasteiger partial charge in [-0.1, -0.05) is 17.1 Å². The molecule has 1 fully saturated rings. The number of nitrogens with one attached hydrogen (secondary N) is 5. The second-order valence-corrected chi connectivity index (χ2v) is 16.2. The fourth-order valence-corrected chi connectivity index (χ4v) is 8.11. The number of likely N-dealkylation sites (tertiary alicyclic amines) is 1. The maximum atomic E-state index is 12.2. The molecule has 0 spiro atoms. The summed E-state index contributed by atoms with van der Waals surface area (Å²) in [7, 11) is 0. The Labute approximate surface area is 377 Å². The van der Waals surface area contributed by atoms with E-state index >= 15 is 0 Å². The Bertz CT molecular complexity index is 2260. The predicted molar refractivity (Wildman–Crippen MR) is 248 cm³/mol. The van der Waals surface area contributed by atoms with E-state index in [-0.39, 0.29) is 24.3 Å². The van der Waals surface area contributed by atoms with Crippen LogP contribution in [0, 0.1) is 11.8 Å². The molecule has 2 amide bonds. The lowest BCUT2D eigenvalue weighted by atomic mass is 10.0. The quantitative estimate of drug-likeness (QED) is 0.0213. The van der Waals surface area contributed by atoms with Crippen LogP contribution < -0.4 is 30.3 Å². The highest BCUT2D eigenvalue weighted by Crippen LogP contribution is 2.31. The van der Waals surface area contributed by atoms with Crippen LogP contribution in [0.1, 0.15) is 30.5 Å². The van der Waals surface area contributed by atoms with Gasteiger partial charge in [0.2, 0.25) is 5.91 Å². The van der Waals surface area contributed by atoms with Gasteiger partial charge >= 0.3 is 0 Å². The molecule has 17 heteroatoms. The van der Waals surface area contributed by atoms with Crippen molar-refractivity contribution < 1.29 is 33.1 Å². The van der Waals surface area contributed by atoms with Crippen molar-refractivity contribution in [1.82, 2.24) is 20.4 Å². The van der Waals surface area contributed by atoms with Gasteiger partial charge < -0.3 is 58.9 Å². The van der Waals surface area contributed by atoms with Crippen molar-refractivity contribution in [3.63, 3.8) is 0 Å². The Morgan fingerprint density at radius 2 is 1.75 bits per heavy atom. The molecular weight excluding hydrogens is 844 g/mol. The summed E-state index contributed by atoms with van der Waals surface area (Å²) in [6.07, 6.45) is 5.36. The molecule has 5 aromatic rings. The molecule has 1 saturated heterocycles. The molecule has 4 heterocycles. The van der Waals surface area contributed by atoms with Crippen LogP contribution in [0.2, 0.25) is 0 Å². The molecule has 2 aromatic heterocycles. The smallest absolute Gasteiger partial charge is 0.258 e. The van der Waals surface area contributed by atoms with E-state index in [0.29, 0.717) is 76.9 Å². The summed E-state index contributed by atoms with van der Waals surface area (Å²) in [4.78, 5) is 33.1. The number of halogens is 1. The molecule has 3 aromatic carbocycles. The summed E-state index contributed by atoms with van der Waals surface area (Å²) < 4.78 is 30.7. The minimum atomic E-state index is -0.231. The van der Waals surface area contributed by atoms with Crippen molar-refractivity contribution in [2.24, 2.45) is 0 Å². The van der Waals surface area contributed by atoms with Crippen molar-refractivity contribution in [3.8, 4) is 17.6 Å². The van der Waals surface area contributed by atoms with Crippen LogP contribution in [0.3, 0.4) is 0 Å². The van der Waals surface area contributed by atoms with Crippen molar-refractivity contribution in [2.75, 3.05) is 112 Å². The molecule has 5 N–H and O–H groups in total. The zero-order valence-corrected chi connectivity index (χ0v) is 36.9. The number of carbonyl (C=O) groups excluding carboxylic acids is 2. The minimum absolute atomic E-state index is 0.0519. The lowest BCUT2D eigenvalue weighted by Gasteiger charge is -2.32. The van der Waals surface area contributed by atoms with E-state index in [1.54, 1.807) is 17.0 Å². The highest BCUT2D eigenvalue weighted by molar-refractivity contribution is 8.00. The second kappa shape index (κ2) is 24.4. The number of hydrogen-bond acceptors (Lipinski definition) is 13. The molecular formula is C46H55ClN8O7S. The molecule has 15 nitrogen and oxygen atoms in total. The van der Waals surface area contributed by atoms with Crippen molar-refractivity contribution >= 4 is 69.1 Å². The first kappa shape index (κ1) is 45.6. The lowest BCUT2D eigenvalue weighted by Crippen LogP contribution is -2.40. The molecule has 2 aliphatic rings. The molecule has 334 valence electrons. The summed E-state index contributed by atoms with van der Waals surface area (Å²) in [6, 6.07) is 24.3. The molecule has 2 aliphatic heterocycles. The standard InChI is InChI=1S/C46H55ClN8O7S/c47-32-46(57)55-19-3-4-34-30-38(10-13-43(34)55)61-33-45(56)49-18-24-58-26-28-60-29-27-59-25-22-54-20-14-36(15-21-54)50-41-6-1-7-42-40(41)31-37(51-42)5-2-17-48-35-8-11-39(12-9-35)63-53-44-16-23-62-52-44/h1,6-13,16,23,30-31,36,48,50-51H,3-4,14-15,17-22,24-29,32-33H2,(H,49,56)(H,52,53). The van der Waals surface area contributed by atoms with Gasteiger partial charge in [-0.3, -0.25) is 9.59 Å². The average Bonchev–Trinajstić information content (AvgIpc) is 4.01. The Hall–Kier alpha value is -5.41. The van der Waals surface area contributed by atoms with Crippen LogP contribution in [0.5, 0.6) is 5.75 Å². The van der Waals surface area contributed by atoms with Gasteiger partial charge in [0.05, 0.1) is 51.9 Å². The number of aromatic amines is 1. The van der Waals surface area contributed by atoms with Gasteiger partial charge in [0.15, 0.2) is 12.4 Å². The first-order valence-electron chi connectivity index (χ1n) is 21.4. The molecule has 7 rings (SSSR count). The number of benzene rings is 3. The number of fused-ring (bicyclic) bond motifs is 2. The zero-order chi connectivity index (χ0) is 43.5. The summed E-state index contributed by atoms with van der Waals surface area (Å²) in [5, 5.41) is 15.0. The van der Waals surface area contributed by atoms with E-state index < -0.39 is 0 Å². The number of carbonyl (C=O) groups is 2. The molecule has 0 atom stereocenters. The SMILES string of the molecule is O=C(COc1ccc2c(c1)CCCN2C(=O)CCl)NCCOCCOCCOCCN1CCC(Nc2cccc3[nH]c(C#CCNc4ccc(SNc5ccon5)cc4)cc23)CC1. The van der Waals surface area contributed by atoms with E-state index in [9.17, 15) is 9.59 Å². The van der Waals surface area contributed by atoms with Crippen LogP contribution in [0.4, 0.5) is 22.9 Å². The van der Waals surface area contributed by atoms with E-state index in [1.165, 1.54) is 18.2 Å². The number of ether oxygens (including phenoxy) is 4. The molecule has 63 heavy (non-hydrogen) atoms.